The molecule has 0 spiro atoms. The molecular formula is C34H67NO4. The molecule has 5 nitrogen and oxygen atoms in total. The van der Waals surface area contributed by atoms with E-state index in [0.717, 1.165) is 38.5 Å². The van der Waals surface area contributed by atoms with Crippen molar-refractivity contribution in [1.82, 2.24) is 5.32 Å². The van der Waals surface area contributed by atoms with Crippen LogP contribution in [0.5, 0.6) is 0 Å². The minimum Gasteiger partial charge on any atom is -0.394 e. The first-order valence-corrected chi connectivity index (χ1v) is 17.0. The maximum absolute atomic E-state index is 12.3. The van der Waals surface area contributed by atoms with Crippen LogP contribution in [-0.2, 0) is 4.79 Å². The summed E-state index contributed by atoms with van der Waals surface area (Å²) in [5.74, 6) is -0.156. The van der Waals surface area contributed by atoms with Crippen molar-refractivity contribution in [2.45, 2.75) is 193 Å². The first-order chi connectivity index (χ1) is 19.1. The van der Waals surface area contributed by atoms with Gasteiger partial charge in [0.1, 0.15) is 6.10 Å². The van der Waals surface area contributed by atoms with E-state index in [4.69, 9.17) is 0 Å². The Hall–Kier alpha value is -0.910. The molecule has 0 aliphatic rings. The van der Waals surface area contributed by atoms with E-state index in [1.807, 2.05) is 0 Å². The monoisotopic (exact) mass is 554 g/mol. The number of hydrogen-bond acceptors (Lipinski definition) is 4. The van der Waals surface area contributed by atoms with E-state index >= 15 is 0 Å². The fourth-order valence-corrected chi connectivity index (χ4v) is 5.16. The second-order valence-corrected chi connectivity index (χ2v) is 11.7. The molecule has 0 unspecified atom stereocenters. The molecule has 1 amide bonds. The number of hydrogen-bond donors (Lipinski definition) is 4. The summed E-state index contributed by atoms with van der Waals surface area (Å²) in [6.07, 6.45) is 31.5. The van der Waals surface area contributed by atoms with Crippen LogP contribution in [0.1, 0.15) is 174 Å². The number of rotatable bonds is 30. The third-order valence-electron chi connectivity index (χ3n) is 7.87. The molecule has 232 valence electrons. The van der Waals surface area contributed by atoms with Crippen LogP contribution in [0.4, 0.5) is 0 Å². The van der Waals surface area contributed by atoms with Gasteiger partial charge in [-0.2, -0.15) is 0 Å². The van der Waals surface area contributed by atoms with Gasteiger partial charge in [0.2, 0.25) is 5.91 Å². The lowest BCUT2D eigenvalue weighted by atomic mass is 10.0. The van der Waals surface area contributed by atoms with Crippen LogP contribution in [0.3, 0.4) is 0 Å². The zero-order valence-corrected chi connectivity index (χ0v) is 26.0. The normalized spacial score (nSPS) is 14.1. The largest absolute Gasteiger partial charge is 0.394 e. The van der Waals surface area contributed by atoms with Crippen molar-refractivity contribution >= 4 is 5.91 Å². The highest BCUT2D eigenvalue weighted by molar-refractivity contribution is 5.76. The lowest BCUT2D eigenvalue weighted by molar-refractivity contribution is -0.124. The summed E-state index contributed by atoms with van der Waals surface area (Å²) < 4.78 is 0. The highest BCUT2D eigenvalue weighted by atomic mass is 16.3. The summed E-state index contributed by atoms with van der Waals surface area (Å²) in [6, 6.07) is -0.817. The van der Waals surface area contributed by atoms with Gasteiger partial charge in [-0.15, -0.1) is 0 Å². The number of allylic oxidation sites excluding steroid dienone is 2. The molecule has 0 fully saturated rings. The molecule has 0 aromatic heterocycles. The molecule has 39 heavy (non-hydrogen) atoms. The summed E-state index contributed by atoms with van der Waals surface area (Å²) in [5.41, 5.74) is 0. The summed E-state index contributed by atoms with van der Waals surface area (Å²) in [4.78, 5) is 12.3. The molecule has 0 saturated heterocycles. The van der Waals surface area contributed by atoms with E-state index in [-0.39, 0.29) is 12.5 Å². The van der Waals surface area contributed by atoms with Crippen molar-refractivity contribution in [3.63, 3.8) is 0 Å². The van der Waals surface area contributed by atoms with Gasteiger partial charge in [0, 0.05) is 6.42 Å². The second-order valence-electron chi connectivity index (χ2n) is 11.7. The first-order valence-electron chi connectivity index (χ1n) is 17.0. The molecular weight excluding hydrogens is 486 g/mol. The summed E-state index contributed by atoms with van der Waals surface area (Å²) >= 11 is 0. The Balaban J connectivity index is 3.76. The number of carbonyl (C=O) groups excluding carboxylic acids is 1. The van der Waals surface area contributed by atoms with Crippen LogP contribution in [0.15, 0.2) is 12.2 Å². The van der Waals surface area contributed by atoms with E-state index in [0.29, 0.717) is 12.8 Å². The van der Waals surface area contributed by atoms with E-state index in [1.165, 1.54) is 109 Å². The number of amides is 1. The number of aliphatic hydroxyl groups is 3. The predicted octanol–water partition coefficient (Wildman–Crippen LogP) is 8.53. The third-order valence-corrected chi connectivity index (χ3v) is 7.87. The minimum absolute atomic E-state index is 0.156. The minimum atomic E-state index is -1.15. The molecule has 4 N–H and O–H groups in total. The number of unbranched alkanes of at least 4 members (excludes halogenated alkanes) is 20. The van der Waals surface area contributed by atoms with Crippen LogP contribution < -0.4 is 5.32 Å². The smallest absolute Gasteiger partial charge is 0.220 e. The van der Waals surface area contributed by atoms with Gasteiger partial charge in [-0.1, -0.05) is 142 Å². The van der Waals surface area contributed by atoms with Gasteiger partial charge < -0.3 is 20.6 Å². The topological polar surface area (TPSA) is 89.8 Å². The van der Waals surface area contributed by atoms with Gasteiger partial charge in [0.25, 0.3) is 0 Å². The molecule has 0 radical (unpaired) electrons. The zero-order chi connectivity index (χ0) is 28.8. The molecule has 0 heterocycles. The second kappa shape index (κ2) is 30.1. The fraction of sp³-hybridized carbons (Fsp3) is 0.912. The first kappa shape index (κ1) is 38.1. The van der Waals surface area contributed by atoms with Gasteiger partial charge in [-0.05, 0) is 38.5 Å². The van der Waals surface area contributed by atoms with Crippen molar-refractivity contribution < 1.29 is 20.1 Å². The highest BCUT2D eigenvalue weighted by Gasteiger charge is 2.26. The molecule has 0 aromatic rings. The molecule has 5 heteroatoms. The Morgan fingerprint density at radius 2 is 1.03 bits per heavy atom. The number of nitrogens with one attached hydrogen (secondary N) is 1. The molecule has 0 aliphatic heterocycles. The quantitative estimate of drug-likeness (QED) is 0.0530. The summed E-state index contributed by atoms with van der Waals surface area (Å²) in [6.45, 7) is 4.13. The van der Waals surface area contributed by atoms with Crippen LogP contribution in [-0.4, -0.2) is 46.1 Å². The fourth-order valence-electron chi connectivity index (χ4n) is 5.16. The number of aliphatic hydroxyl groups excluding tert-OH is 3. The average molecular weight is 554 g/mol. The average Bonchev–Trinajstić information content (AvgIpc) is 2.94. The Morgan fingerprint density at radius 1 is 0.615 bits per heavy atom. The van der Waals surface area contributed by atoms with Crippen molar-refractivity contribution in [3.8, 4) is 0 Å². The van der Waals surface area contributed by atoms with E-state index in [2.05, 4.69) is 31.3 Å². The van der Waals surface area contributed by atoms with Gasteiger partial charge in [-0.3, -0.25) is 4.79 Å². The molecule has 0 aromatic carbocycles. The molecule has 0 aliphatic carbocycles. The van der Waals surface area contributed by atoms with Crippen LogP contribution in [0.2, 0.25) is 0 Å². The van der Waals surface area contributed by atoms with Crippen LogP contribution >= 0.6 is 0 Å². The molecule has 0 bridgehead atoms. The molecule has 0 rings (SSSR count). The molecule has 0 saturated carbocycles. The Kier molecular flexibility index (Phi) is 29.4. The van der Waals surface area contributed by atoms with Gasteiger partial charge in [0.15, 0.2) is 0 Å². The van der Waals surface area contributed by atoms with Crippen molar-refractivity contribution in [2.24, 2.45) is 0 Å². The zero-order valence-electron chi connectivity index (χ0n) is 26.0. The van der Waals surface area contributed by atoms with Crippen LogP contribution in [0, 0.1) is 0 Å². The SMILES string of the molecule is CCCCCCCCC/C=C/CCC[C@@H](O)[C@@H](O)[C@H](CO)NC(=O)CCCCCCCCCCCCCCC. The third kappa shape index (κ3) is 25.8. The predicted molar refractivity (Wildman–Crippen MR) is 167 cm³/mol. The Bertz CT molecular complexity index is 539. The van der Waals surface area contributed by atoms with Gasteiger partial charge >= 0.3 is 0 Å². The van der Waals surface area contributed by atoms with Crippen molar-refractivity contribution in [1.29, 1.82) is 0 Å². The van der Waals surface area contributed by atoms with Crippen molar-refractivity contribution in [2.75, 3.05) is 6.61 Å². The van der Waals surface area contributed by atoms with Crippen LogP contribution in [0.25, 0.3) is 0 Å². The Morgan fingerprint density at radius 3 is 1.49 bits per heavy atom. The van der Waals surface area contributed by atoms with E-state index < -0.39 is 18.2 Å². The van der Waals surface area contributed by atoms with Gasteiger partial charge in [-0.25, -0.2) is 0 Å². The lowest BCUT2D eigenvalue weighted by Gasteiger charge is -2.26. The van der Waals surface area contributed by atoms with Gasteiger partial charge in [0.05, 0.1) is 18.8 Å². The molecule has 3 atom stereocenters. The van der Waals surface area contributed by atoms with E-state index in [9.17, 15) is 20.1 Å². The summed E-state index contributed by atoms with van der Waals surface area (Å²) in [5, 5.41) is 33.2. The van der Waals surface area contributed by atoms with E-state index in [1.54, 1.807) is 0 Å². The maximum Gasteiger partial charge on any atom is 0.220 e. The van der Waals surface area contributed by atoms with Crippen molar-refractivity contribution in [3.05, 3.63) is 12.2 Å². The lowest BCUT2D eigenvalue weighted by Crippen LogP contribution is -2.50. The maximum atomic E-state index is 12.3. The Labute approximate surface area is 242 Å². The summed E-state index contributed by atoms with van der Waals surface area (Å²) in [7, 11) is 0. The number of carbonyl (C=O) groups is 1. The standard InChI is InChI=1S/C34H67NO4/c1-3-5-7-9-11-13-15-17-19-21-23-25-27-29-33(38)35-31(30-36)34(39)32(37)28-26-24-22-20-18-16-14-12-10-8-6-4-2/h20,22,31-32,34,36-37,39H,3-19,21,23-30H2,1-2H3,(H,35,38)/b22-20+/t31-,32+,34-/m0/s1. The highest BCUT2D eigenvalue weighted by Crippen LogP contribution is 2.14.